The van der Waals surface area contributed by atoms with Gasteiger partial charge in [-0.25, -0.2) is 9.37 Å². The molecule has 2 aromatic heterocycles. The third-order valence-electron chi connectivity index (χ3n) is 4.85. The monoisotopic (exact) mass is 355 g/mol. The van der Waals surface area contributed by atoms with E-state index in [0.717, 1.165) is 5.56 Å². The third kappa shape index (κ3) is 2.94. The summed E-state index contributed by atoms with van der Waals surface area (Å²) in [4.78, 5) is 17.1. The maximum atomic E-state index is 13.8. The van der Waals surface area contributed by atoms with Gasteiger partial charge >= 0.3 is 0 Å². The van der Waals surface area contributed by atoms with Crippen LogP contribution in [0.3, 0.4) is 0 Å². The molecule has 0 atom stereocenters. The number of halogens is 1. The lowest BCUT2D eigenvalue weighted by Crippen LogP contribution is -2.49. The van der Waals surface area contributed by atoms with Crippen molar-refractivity contribution in [3.05, 3.63) is 59.2 Å². The molecule has 1 N–H and O–H groups in total. The van der Waals surface area contributed by atoms with Crippen molar-refractivity contribution in [2.24, 2.45) is 0 Å². The number of fused-ring (bicyclic) bond motifs is 1. The van der Waals surface area contributed by atoms with Gasteiger partial charge in [0.15, 0.2) is 0 Å². The van der Waals surface area contributed by atoms with E-state index in [2.05, 4.69) is 15.5 Å². The van der Waals surface area contributed by atoms with Gasteiger partial charge in [0.2, 0.25) is 0 Å². The standard InChI is InChI=1S/C19H18FN3O3/c1-12-16-9-13(11-21-18(16)26-23-12)17(24)22-19(5-7-25-8-6-19)14-3-2-4-15(20)10-14/h2-4,9-11H,5-8H2,1H3,(H,22,24). The molecule has 7 heteroatoms. The molecule has 3 heterocycles. The van der Waals surface area contributed by atoms with Crippen LogP contribution in [-0.2, 0) is 10.3 Å². The van der Waals surface area contributed by atoms with Crippen molar-refractivity contribution in [3.63, 3.8) is 0 Å². The number of carbonyl (C=O) groups is 1. The smallest absolute Gasteiger partial charge is 0.257 e. The van der Waals surface area contributed by atoms with Gasteiger partial charge in [0.1, 0.15) is 5.82 Å². The van der Waals surface area contributed by atoms with Gasteiger partial charge in [0.05, 0.1) is 22.2 Å². The van der Waals surface area contributed by atoms with Gasteiger partial charge in [0.25, 0.3) is 11.6 Å². The van der Waals surface area contributed by atoms with Crippen LogP contribution in [0.2, 0.25) is 0 Å². The summed E-state index contributed by atoms with van der Waals surface area (Å²) in [7, 11) is 0. The van der Waals surface area contributed by atoms with Gasteiger partial charge in [-0.05, 0) is 43.5 Å². The molecule has 4 rings (SSSR count). The SMILES string of the molecule is Cc1noc2ncc(C(=O)NC3(c4cccc(F)c4)CCOCC3)cc12. The highest BCUT2D eigenvalue weighted by molar-refractivity contribution is 5.97. The Labute approximate surface area is 149 Å². The van der Waals surface area contributed by atoms with E-state index in [1.54, 1.807) is 19.1 Å². The van der Waals surface area contributed by atoms with Gasteiger partial charge in [-0.1, -0.05) is 17.3 Å². The first kappa shape index (κ1) is 16.7. The molecule has 1 aliphatic heterocycles. The number of ether oxygens (including phenoxy) is 1. The normalized spacial score (nSPS) is 16.5. The molecule has 0 bridgehead atoms. The number of hydrogen-bond acceptors (Lipinski definition) is 5. The molecule has 1 fully saturated rings. The number of nitrogens with zero attached hydrogens (tertiary/aromatic N) is 2. The Morgan fingerprint density at radius 2 is 2.08 bits per heavy atom. The average molecular weight is 355 g/mol. The summed E-state index contributed by atoms with van der Waals surface area (Å²) >= 11 is 0. The van der Waals surface area contributed by atoms with Crippen molar-refractivity contribution in [1.82, 2.24) is 15.5 Å². The van der Waals surface area contributed by atoms with Crippen molar-refractivity contribution in [2.45, 2.75) is 25.3 Å². The molecule has 0 spiro atoms. The molecule has 134 valence electrons. The van der Waals surface area contributed by atoms with E-state index in [1.165, 1.54) is 18.3 Å². The Balaban J connectivity index is 1.68. The molecule has 0 saturated carbocycles. The lowest BCUT2D eigenvalue weighted by Gasteiger charge is -2.38. The summed E-state index contributed by atoms with van der Waals surface area (Å²) in [5.74, 6) is -0.600. The van der Waals surface area contributed by atoms with Gasteiger partial charge in [-0.15, -0.1) is 0 Å². The molecule has 6 nitrogen and oxygen atoms in total. The predicted octanol–water partition coefficient (Wildman–Crippen LogP) is 3.11. The second-order valence-electron chi connectivity index (χ2n) is 6.50. The van der Waals surface area contributed by atoms with Crippen LogP contribution in [0.15, 0.2) is 41.1 Å². The number of rotatable bonds is 3. The molecule has 26 heavy (non-hydrogen) atoms. The number of nitrogens with one attached hydrogen (secondary N) is 1. The highest BCUT2D eigenvalue weighted by atomic mass is 19.1. The van der Waals surface area contributed by atoms with Gasteiger partial charge < -0.3 is 14.6 Å². The van der Waals surface area contributed by atoms with E-state index in [9.17, 15) is 9.18 Å². The zero-order valence-corrected chi connectivity index (χ0v) is 14.3. The van der Waals surface area contributed by atoms with Gasteiger partial charge in [0, 0.05) is 19.4 Å². The van der Waals surface area contributed by atoms with Crippen LogP contribution in [0.25, 0.3) is 11.1 Å². The highest BCUT2D eigenvalue weighted by Gasteiger charge is 2.36. The van der Waals surface area contributed by atoms with Crippen LogP contribution in [-0.4, -0.2) is 29.3 Å². The molecule has 1 amide bonds. The van der Waals surface area contributed by atoms with E-state index in [4.69, 9.17) is 9.26 Å². The minimum Gasteiger partial charge on any atom is -0.381 e. The van der Waals surface area contributed by atoms with Crippen molar-refractivity contribution in [1.29, 1.82) is 0 Å². The fourth-order valence-corrected chi connectivity index (χ4v) is 3.35. The summed E-state index contributed by atoms with van der Waals surface area (Å²) in [5.41, 5.74) is 1.55. The Hall–Kier alpha value is -2.80. The number of aromatic nitrogens is 2. The first-order valence-electron chi connectivity index (χ1n) is 8.46. The van der Waals surface area contributed by atoms with Crippen LogP contribution in [0, 0.1) is 12.7 Å². The Morgan fingerprint density at radius 3 is 2.85 bits per heavy atom. The summed E-state index contributed by atoms with van der Waals surface area (Å²) in [6, 6.07) is 8.06. The predicted molar refractivity (Wildman–Crippen MR) is 92.1 cm³/mol. The van der Waals surface area contributed by atoms with Crippen molar-refractivity contribution >= 4 is 17.0 Å². The summed E-state index contributed by atoms with van der Waals surface area (Å²) < 4.78 is 24.3. The zero-order chi connectivity index (χ0) is 18.1. The average Bonchev–Trinajstić information content (AvgIpc) is 3.03. The van der Waals surface area contributed by atoms with Crippen LogP contribution >= 0.6 is 0 Å². The first-order valence-corrected chi connectivity index (χ1v) is 8.46. The number of benzene rings is 1. The maximum absolute atomic E-state index is 13.8. The molecular formula is C19H18FN3O3. The number of amides is 1. The molecule has 1 saturated heterocycles. The summed E-state index contributed by atoms with van der Waals surface area (Å²) in [6.07, 6.45) is 2.61. The van der Waals surface area contributed by atoms with Crippen molar-refractivity contribution < 1.29 is 18.4 Å². The minimum atomic E-state index is -0.671. The molecule has 1 aromatic carbocycles. The van der Waals surface area contributed by atoms with Crippen LogP contribution in [0.1, 0.15) is 34.5 Å². The second-order valence-corrected chi connectivity index (χ2v) is 6.50. The van der Waals surface area contributed by atoms with Crippen LogP contribution in [0.5, 0.6) is 0 Å². The molecule has 1 aliphatic rings. The fourth-order valence-electron chi connectivity index (χ4n) is 3.35. The summed E-state index contributed by atoms with van der Waals surface area (Å²) in [6.45, 7) is 2.79. The Kier molecular flexibility index (Phi) is 4.16. The van der Waals surface area contributed by atoms with Crippen LogP contribution < -0.4 is 5.32 Å². The van der Waals surface area contributed by atoms with Crippen molar-refractivity contribution in [3.8, 4) is 0 Å². The van der Waals surface area contributed by atoms with E-state index in [1.807, 2.05) is 6.07 Å². The summed E-state index contributed by atoms with van der Waals surface area (Å²) in [5, 5.41) is 7.65. The molecule has 3 aromatic rings. The Morgan fingerprint density at radius 1 is 1.27 bits per heavy atom. The lowest BCUT2D eigenvalue weighted by atomic mass is 9.82. The number of pyridine rings is 1. The second kappa shape index (κ2) is 6.49. The fraction of sp³-hybridized carbons (Fsp3) is 0.316. The topological polar surface area (TPSA) is 77.2 Å². The highest BCUT2D eigenvalue weighted by Crippen LogP contribution is 2.33. The largest absolute Gasteiger partial charge is 0.381 e. The van der Waals surface area contributed by atoms with E-state index < -0.39 is 5.54 Å². The maximum Gasteiger partial charge on any atom is 0.257 e. The number of hydrogen-bond donors (Lipinski definition) is 1. The Bertz CT molecular complexity index is 964. The first-order chi connectivity index (χ1) is 12.6. The molecule has 0 aliphatic carbocycles. The van der Waals surface area contributed by atoms with Gasteiger partial charge in [-0.3, -0.25) is 4.79 Å². The minimum absolute atomic E-state index is 0.272. The van der Waals surface area contributed by atoms with E-state index >= 15 is 0 Å². The molecule has 0 unspecified atom stereocenters. The molecular weight excluding hydrogens is 337 g/mol. The lowest BCUT2D eigenvalue weighted by molar-refractivity contribution is 0.0344. The number of aryl methyl sites for hydroxylation is 1. The van der Waals surface area contributed by atoms with E-state index in [-0.39, 0.29) is 11.7 Å². The van der Waals surface area contributed by atoms with E-state index in [0.29, 0.717) is 48.4 Å². The van der Waals surface area contributed by atoms with Crippen molar-refractivity contribution in [2.75, 3.05) is 13.2 Å². The quantitative estimate of drug-likeness (QED) is 0.781. The van der Waals surface area contributed by atoms with Gasteiger partial charge in [-0.2, -0.15) is 0 Å². The molecule has 0 radical (unpaired) electrons. The zero-order valence-electron chi connectivity index (χ0n) is 14.3. The van der Waals surface area contributed by atoms with Crippen LogP contribution in [0.4, 0.5) is 4.39 Å². The third-order valence-corrected chi connectivity index (χ3v) is 4.85. The number of carbonyl (C=O) groups excluding carboxylic acids is 1.